The molecule has 18 heavy (non-hydrogen) atoms. The first kappa shape index (κ1) is 14.6. The van der Waals surface area contributed by atoms with Crippen molar-refractivity contribution in [3.05, 3.63) is 54.1 Å². The molecule has 0 aromatic heterocycles. The summed E-state index contributed by atoms with van der Waals surface area (Å²) in [6, 6.07) is 8.89. The minimum absolute atomic E-state index is 0.332. The van der Waals surface area contributed by atoms with Crippen LogP contribution in [0.15, 0.2) is 43.0 Å². The Morgan fingerprint density at radius 2 is 1.78 bits per heavy atom. The van der Waals surface area contributed by atoms with Crippen LogP contribution in [0.5, 0.6) is 0 Å². The van der Waals surface area contributed by atoms with E-state index in [-0.39, 0.29) is 0 Å². The summed E-state index contributed by atoms with van der Waals surface area (Å²) in [5, 5.41) is 0. The van der Waals surface area contributed by atoms with Gasteiger partial charge in [0.05, 0.1) is 0 Å². The maximum Gasteiger partial charge on any atom is 0.0468 e. The molecule has 0 aliphatic carbocycles. The van der Waals surface area contributed by atoms with E-state index in [1.54, 1.807) is 0 Å². The number of nitrogens with zero attached hydrogens (tertiary/aromatic N) is 1. The van der Waals surface area contributed by atoms with Crippen LogP contribution < -0.4 is 0 Å². The molecule has 0 aliphatic heterocycles. The van der Waals surface area contributed by atoms with Crippen molar-refractivity contribution in [2.45, 2.75) is 40.2 Å². The summed E-state index contributed by atoms with van der Waals surface area (Å²) in [5.74, 6) is 0. The fourth-order valence-corrected chi connectivity index (χ4v) is 1.98. The number of hydrogen-bond donors (Lipinski definition) is 0. The Labute approximate surface area is 112 Å². The molecule has 1 aromatic rings. The molecule has 0 bridgehead atoms. The molecule has 0 fully saturated rings. The number of rotatable bonds is 6. The van der Waals surface area contributed by atoms with Gasteiger partial charge < -0.3 is 4.90 Å². The van der Waals surface area contributed by atoms with Gasteiger partial charge in [-0.05, 0) is 32.8 Å². The fourth-order valence-electron chi connectivity index (χ4n) is 1.98. The summed E-state index contributed by atoms with van der Waals surface area (Å²) < 4.78 is 0. The van der Waals surface area contributed by atoms with Gasteiger partial charge in [-0.1, -0.05) is 55.5 Å². The Morgan fingerprint density at radius 1 is 1.22 bits per heavy atom. The molecule has 98 valence electrons. The zero-order valence-electron chi connectivity index (χ0n) is 12.2. The van der Waals surface area contributed by atoms with Crippen LogP contribution in [0.1, 0.15) is 38.3 Å². The van der Waals surface area contributed by atoms with E-state index in [0.29, 0.717) is 6.04 Å². The van der Waals surface area contributed by atoms with Crippen LogP contribution in [0.25, 0.3) is 5.70 Å². The van der Waals surface area contributed by atoms with Crippen molar-refractivity contribution in [2.75, 3.05) is 6.54 Å². The molecule has 1 nitrogen and oxygen atoms in total. The van der Waals surface area contributed by atoms with E-state index in [4.69, 9.17) is 0 Å². The van der Waals surface area contributed by atoms with Gasteiger partial charge in [-0.3, -0.25) is 0 Å². The van der Waals surface area contributed by atoms with Gasteiger partial charge in [0.25, 0.3) is 0 Å². The second-order valence-electron chi connectivity index (χ2n) is 5.03. The summed E-state index contributed by atoms with van der Waals surface area (Å²) in [7, 11) is 0. The highest BCUT2D eigenvalue weighted by Gasteiger charge is 2.16. The summed E-state index contributed by atoms with van der Waals surface area (Å²) in [4.78, 5) is 2.34. The predicted octanol–water partition coefficient (Wildman–Crippen LogP) is 4.64. The summed E-state index contributed by atoms with van der Waals surface area (Å²) in [5.41, 5.74) is 4.74. The third kappa shape index (κ3) is 3.49. The normalized spacial score (nSPS) is 12.0. The number of aryl methyl sites for hydroxylation is 1. The summed E-state index contributed by atoms with van der Waals surface area (Å²) in [6.07, 6.45) is 1.11. The zero-order chi connectivity index (χ0) is 13.7. The SMILES string of the molecule is C=C(C)C(C)N(CCC)C(=C)c1ccc(C)cc1. The standard InChI is InChI=1S/C17H25N/c1-7-12-18(15(5)13(2)3)16(6)17-10-8-14(4)9-11-17/h8-11,15H,2,6-7,12H2,1,3-5H3. The molecule has 0 aliphatic rings. The van der Waals surface area contributed by atoms with Gasteiger partial charge in [0.2, 0.25) is 0 Å². The largest absolute Gasteiger partial charge is 0.365 e. The lowest BCUT2D eigenvalue weighted by Crippen LogP contribution is -2.32. The lowest BCUT2D eigenvalue weighted by molar-refractivity contribution is 0.345. The predicted molar refractivity (Wildman–Crippen MR) is 81.5 cm³/mol. The molecule has 1 unspecified atom stereocenters. The highest BCUT2D eigenvalue weighted by molar-refractivity contribution is 5.62. The topological polar surface area (TPSA) is 3.24 Å². The van der Waals surface area contributed by atoms with Crippen LogP contribution in [0.2, 0.25) is 0 Å². The summed E-state index contributed by atoms with van der Waals surface area (Å²) >= 11 is 0. The highest BCUT2D eigenvalue weighted by atomic mass is 15.2. The molecule has 0 amide bonds. The molecule has 1 rings (SSSR count). The first-order valence-electron chi connectivity index (χ1n) is 6.65. The molecule has 1 atom stereocenters. The van der Waals surface area contributed by atoms with Gasteiger partial charge in [-0.2, -0.15) is 0 Å². The van der Waals surface area contributed by atoms with Crippen LogP contribution in [0.4, 0.5) is 0 Å². The van der Waals surface area contributed by atoms with Crippen molar-refractivity contribution in [2.24, 2.45) is 0 Å². The molecule has 0 saturated heterocycles. The Morgan fingerprint density at radius 3 is 2.22 bits per heavy atom. The second kappa shape index (κ2) is 6.44. The fraction of sp³-hybridized carbons (Fsp3) is 0.412. The first-order chi connectivity index (χ1) is 8.47. The van der Waals surface area contributed by atoms with Gasteiger partial charge in [-0.15, -0.1) is 0 Å². The Hall–Kier alpha value is -1.50. The molecule has 0 N–H and O–H groups in total. The molecule has 1 heteroatoms. The van der Waals surface area contributed by atoms with Crippen LogP contribution in [-0.4, -0.2) is 17.5 Å². The van der Waals surface area contributed by atoms with Gasteiger partial charge >= 0.3 is 0 Å². The van der Waals surface area contributed by atoms with Crippen LogP contribution in [0.3, 0.4) is 0 Å². The smallest absolute Gasteiger partial charge is 0.0468 e. The van der Waals surface area contributed by atoms with Crippen molar-refractivity contribution in [1.29, 1.82) is 0 Å². The van der Waals surface area contributed by atoms with Crippen LogP contribution >= 0.6 is 0 Å². The average molecular weight is 243 g/mol. The van der Waals surface area contributed by atoms with E-state index in [0.717, 1.165) is 18.7 Å². The number of benzene rings is 1. The molecular weight excluding hydrogens is 218 g/mol. The molecule has 0 saturated carbocycles. The first-order valence-corrected chi connectivity index (χ1v) is 6.65. The quantitative estimate of drug-likeness (QED) is 0.658. The third-order valence-electron chi connectivity index (χ3n) is 3.38. The van der Waals surface area contributed by atoms with Crippen molar-refractivity contribution in [1.82, 2.24) is 4.90 Å². The van der Waals surface area contributed by atoms with E-state index >= 15 is 0 Å². The van der Waals surface area contributed by atoms with Gasteiger partial charge in [-0.25, -0.2) is 0 Å². The van der Waals surface area contributed by atoms with Crippen molar-refractivity contribution in [3.63, 3.8) is 0 Å². The van der Waals surface area contributed by atoms with E-state index in [1.165, 1.54) is 16.7 Å². The Balaban J connectivity index is 2.95. The molecule has 0 heterocycles. The van der Waals surface area contributed by atoms with E-state index in [9.17, 15) is 0 Å². The minimum atomic E-state index is 0.332. The monoisotopic (exact) mass is 243 g/mol. The van der Waals surface area contributed by atoms with Gasteiger partial charge in [0.15, 0.2) is 0 Å². The van der Waals surface area contributed by atoms with Crippen LogP contribution in [0, 0.1) is 6.92 Å². The minimum Gasteiger partial charge on any atom is -0.365 e. The van der Waals surface area contributed by atoms with Gasteiger partial charge in [0.1, 0.15) is 0 Å². The van der Waals surface area contributed by atoms with Gasteiger partial charge in [0, 0.05) is 18.3 Å². The van der Waals surface area contributed by atoms with E-state index in [2.05, 4.69) is 70.0 Å². The lowest BCUT2D eigenvalue weighted by atomic mass is 10.1. The van der Waals surface area contributed by atoms with Crippen molar-refractivity contribution in [3.8, 4) is 0 Å². The maximum absolute atomic E-state index is 4.26. The van der Waals surface area contributed by atoms with Crippen molar-refractivity contribution < 1.29 is 0 Å². The molecular formula is C17H25N. The molecule has 0 spiro atoms. The van der Waals surface area contributed by atoms with E-state index in [1.807, 2.05) is 0 Å². The second-order valence-corrected chi connectivity index (χ2v) is 5.03. The zero-order valence-corrected chi connectivity index (χ0v) is 12.2. The highest BCUT2D eigenvalue weighted by Crippen LogP contribution is 2.23. The molecule has 1 aromatic carbocycles. The Bertz CT molecular complexity index is 414. The Kier molecular flexibility index (Phi) is 5.21. The lowest BCUT2D eigenvalue weighted by Gasteiger charge is -2.33. The van der Waals surface area contributed by atoms with Crippen molar-refractivity contribution >= 4 is 5.70 Å². The third-order valence-corrected chi connectivity index (χ3v) is 3.38. The average Bonchev–Trinajstić information content (AvgIpc) is 2.35. The number of hydrogen-bond acceptors (Lipinski definition) is 1. The molecule has 0 radical (unpaired) electrons. The van der Waals surface area contributed by atoms with E-state index < -0.39 is 0 Å². The summed E-state index contributed by atoms with van der Waals surface area (Å²) in [6.45, 7) is 17.9. The maximum atomic E-state index is 4.26. The van der Waals surface area contributed by atoms with Crippen LogP contribution in [-0.2, 0) is 0 Å².